The molecule has 2 aromatic heterocycles. The third kappa shape index (κ3) is 2.69. The zero-order valence-corrected chi connectivity index (χ0v) is 22.4. The van der Waals surface area contributed by atoms with E-state index >= 15 is 0 Å². The Morgan fingerprint density at radius 1 is 0.692 bits per heavy atom. The van der Waals surface area contributed by atoms with Crippen molar-refractivity contribution in [2.75, 3.05) is 0 Å². The van der Waals surface area contributed by atoms with Gasteiger partial charge in [-0.3, -0.25) is 4.57 Å². The van der Waals surface area contributed by atoms with Crippen LogP contribution in [0.3, 0.4) is 0 Å². The third-order valence-corrected chi connectivity index (χ3v) is 9.74. The largest absolute Gasteiger partial charge is 0.277 e. The topological polar surface area (TPSA) is 30.7 Å². The molecule has 3 heterocycles. The maximum Gasteiger partial charge on any atom is 0.235 e. The molecule has 0 fully saturated rings. The minimum atomic E-state index is -0.0753. The van der Waals surface area contributed by atoms with E-state index in [1.165, 1.54) is 59.8 Å². The number of hydrogen-bond donors (Lipinski definition) is 0. The summed E-state index contributed by atoms with van der Waals surface area (Å²) in [5.74, 6) is 0.715. The average molecular weight is 518 g/mol. The summed E-state index contributed by atoms with van der Waals surface area (Å²) in [5.41, 5.74) is 9.76. The molecule has 4 heteroatoms. The maximum atomic E-state index is 5.33. The first kappa shape index (κ1) is 21.5. The number of fused-ring (bicyclic) bond motifs is 9. The van der Waals surface area contributed by atoms with Crippen LogP contribution < -0.4 is 0 Å². The number of nitrogens with zero attached hydrogens (tertiary/aromatic N) is 3. The molecule has 1 aliphatic carbocycles. The highest BCUT2D eigenvalue weighted by atomic mass is 32.2. The summed E-state index contributed by atoms with van der Waals surface area (Å²) < 4.78 is 2.30. The van der Waals surface area contributed by atoms with E-state index in [4.69, 9.17) is 9.97 Å². The first-order valence-electron chi connectivity index (χ1n) is 13.4. The first-order valence-corrected chi connectivity index (χ1v) is 14.2. The molecule has 0 saturated heterocycles. The Balaban J connectivity index is 1.41. The molecule has 0 bridgehead atoms. The molecule has 0 radical (unpaired) electrons. The van der Waals surface area contributed by atoms with Gasteiger partial charge in [0.1, 0.15) is 0 Å². The lowest BCUT2D eigenvalue weighted by molar-refractivity contribution is 0.660. The number of benzene rings is 5. The van der Waals surface area contributed by atoms with Crippen molar-refractivity contribution in [3.05, 3.63) is 114 Å². The van der Waals surface area contributed by atoms with Crippen molar-refractivity contribution < 1.29 is 0 Å². The van der Waals surface area contributed by atoms with Gasteiger partial charge in [-0.1, -0.05) is 111 Å². The molecule has 0 N–H and O–H groups in total. The van der Waals surface area contributed by atoms with Crippen molar-refractivity contribution >= 4 is 44.3 Å². The predicted octanol–water partition coefficient (Wildman–Crippen LogP) is 9.16. The standard InChI is InChI=1S/C35H23N3S/c1-35(2)25-14-5-3-12-23(25)31-26(35)18-17-22-21-11-4-6-15-27(21)38(33(22)31)34-36-19-29-32(37-34)24-13-7-9-20-10-8-16-28(39-29)30(20)24/h3-19H,1-2H3. The van der Waals surface area contributed by atoms with Crippen LogP contribution in [-0.2, 0) is 5.41 Å². The summed E-state index contributed by atoms with van der Waals surface area (Å²) in [6.07, 6.45) is 2.01. The smallest absolute Gasteiger partial charge is 0.235 e. The quantitative estimate of drug-likeness (QED) is 0.217. The van der Waals surface area contributed by atoms with Crippen LogP contribution in [0.1, 0.15) is 25.0 Å². The molecule has 0 saturated carbocycles. The molecular weight excluding hydrogens is 494 g/mol. The van der Waals surface area contributed by atoms with E-state index in [1.807, 2.05) is 6.20 Å². The Bertz CT molecular complexity index is 2180. The lowest BCUT2D eigenvalue weighted by atomic mass is 9.82. The Morgan fingerprint density at radius 3 is 2.41 bits per heavy atom. The average Bonchev–Trinajstić information content (AvgIpc) is 3.43. The number of rotatable bonds is 1. The third-order valence-electron chi connectivity index (χ3n) is 8.66. The van der Waals surface area contributed by atoms with Crippen LogP contribution in [0.25, 0.3) is 60.9 Å². The van der Waals surface area contributed by atoms with Crippen LogP contribution in [0.2, 0.25) is 0 Å². The summed E-state index contributed by atoms with van der Waals surface area (Å²) in [6.45, 7) is 4.67. The zero-order chi connectivity index (χ0) is 25.9. The van der Waals surface area contributed by atoms with Gasteiger partial charge in [-0.2, -0.15) is 0 Å². The molecule has 0 spiro atoms. The Labute approximate surface area is 230 Å². The molecule has 9 rings (SSSR count). The molecule has 0 unspecified atom stereocenters. The lowest BCUT2D eigenvalue weighted by Crippen LogP contribution is -2.14. The minimum absolute atomic E-state index is 0.0753. The number of para-hydroxylation sites is 1. The van der Waals surface area contributed by atoms with Crippen molar-refractivity contribution in [1.29, 1.82) is 0 Å². The van der Waals surface area contributed by atoms with E-state index in [0.717, 1.165) is 16.1 Å². The van der Waals surface area contributed by atoms with E-state index in [-0.39, 0.29) is 5.41 Å². The van der Waals surface area contributed by atoms with Crippen molar-refractivity contribution in [1.82, 2.24) is 14.5 Å². The van der Waals surface area contributed by atoms with Gasteiger partial charge in [0.25, 0.3) is 0 Å². The molecule has 0 atom stereocenters. The summed E-state index contributed by atoms with van der Waals surface area (Å²) >= 11 is 1.76. The predicted molar refractivity (Wildman–Crippen MR) is 161 cm³/mol. The normalized spacial score (nSPS) is 14.5. The van der Waals surface area contributed by atoms with Crippen molar-refractivity contribution in [2.24, 2.45) is 0 Å². The number of hydrogen-bond acceptors (Lipinski definition) is 3. The van der Waals surface area contributed by atoms with Crippen LogP contribution in [0.4, 0.5) is 0 Å². The molecular formula is C35H23N3S. The fourth-order valence-corrected chi connectivity index (χ4v) is 7.97. The monoisotopic (exact) mass is 517 g/mol. The second-order valence-electron chi connectivity index (χ2n) is 11.1. The second-order valence-corrected chi connectivity index (χ2v) is 12.1. The van der Waals surface area contributed by atoms with Gasteiger partial charge in [-0.05, 0) is 34.2 Å². The summed E-state index contributed by atoms with van der Waals surface area (Å²) in [6, 6.07) is 35.2. The van der Waals surface area contributed by atoms with Crippen LogP contribution >= 0.6 is 11.8 Å². The van der Waals surface area contributed by atoms with Crippen LogP contribution in [0.15, 0.2) is 113 Å². The van der Waals surface area contributed by atoms with Crippen molar-refractivity contribution in [3.63, 3.8) is 0 Å². The zero-order valence-electron chi connectivity index (χ0n) is 21.6. The summed E-state index contributed by atoms with van der Waals surface area (Å²) in [7, 11) is 0. The van der Waals surface area contributed by atoms with E-state index in [2.05, 4.69) is 115 Å². The lowest BCUT2D eigenvalue weighted by Gasteiger charge is -2.21. The van der Waals surface area contributed by atoms with Gasteiger partial charge >= 0.3 is 0 Å². The van der Waals surface area contributed by atoms with Gasteiger partial charge in [0.15, 0.2) is 0 Å². The fraction of sp³-hybridized carbons (Fsp3) is 0.0857. The van der Waals surface area contributed by atoms with Gasteiger partial charge < -0.3 is 0 Å². The van der Waals surface area contributed by atoms with Gasteiger partial charge in [-0.25, -0.2) is 9.97 Å². The highest BCUT2D eigenvalue weighted by molar-refractivity contribution is 7.99. The fourth-order valence-electron chi connectivity index (χ4n) is 6.89. The SMILES string of the molecule is CC1(C)c2ccccc2-c2c1ccc1c3ccccc3n(-c3ncc4c(n3)-c3cccc5cccc(c35)S4)c21. The molecule has 3 nitrogen and oxygen atoms in total. The van der Waals surface area contributed by atoms with Crippen molar-refractivity contribution in [2.45, 2.75) is 29.1 Å². The van der Waals surface area contributed by atoms with E-state index in [1.54, 1.807) is 11.8 Å². The molecule has 2 aliphatic rings. The van der Waals surface area contributed by atoms with Crippen LogP contribution in [-0.4, -0.2) is 14.5 Å². The van der Waals surface area contributed by atoms with Gasteiger partial charge in [0.2, 0.25) is 5.95 Å². The molecule has 1 aliphatic heterocycles. The Hall–Kier alpha value is -4.41. The summed E-state index contributed by atoms with van der Waals surface area (Å²) in [5, 5.41) is 4.98. The van der Waals surface area contributed by atoms with Gasteiger partial charge in [0.05, 0.1) is 21.6 Å². The molecule has 5 aromatic carbocycles. The van der Waals surface area contributed by atoms with E-state index in [0.29, 0.717) is 5.95 Å². The Kier molecular flexibility index (Phi) is 4.06. The van der Waals surface area contributed by atoms with Gasteiger partial charge in [-0.15, -0.1) is 0 Å². The van der Waals surface area contributed by atoms with E-state index in [9.17, 15) is 0 Å². The molecule has 7 aromatic rings. The summed E-state index contributed by atoms with van der Waals surface area (Å²) in [4.78, 5) is 12.7. The molecule has 184 valence electrons. The maximum absolute atomic E-state index is 5.33. The number of aromatic nitrogens is 3. The Morgan fingerprint density at radius 2 is 1.49 bits per heavy atom. The highest BCUT2D eigenvalue weighted by Crippen LogP contribution is 2.53. The minimum Gasteiger partial charge on any atom is -0.277 e. The van der Waals surface area contributed by atoms with Crippen LogP contribution in [0, 0.1) is 0 Å². The molecule has 39 heavy (non-hydrogen) atoms. The van der Waals surface area contributed by atoms with Crippen molar-refractivity contribution in [3.8, 4) is 28.3 Å². The first-order chi connectivity index (χ1) is 19.1. The second kappa shape index (κ2) is 7.37. The van der Waals surface area contributed by atoms with E-state index < -0.39 is 0 Å². The highest BCUT2D eigenvalue weighted by Gasteiger charge is 2.37. The van der Waals surface area contributed by atoms with Crippen LogP contribution in [0.5, 0.6) is 0 Å². The van der Waals surface area contributed by atoms with Gasteiger partial charge in [0, 0.05) is 43.8 Å². The molecule has 0 amide bonds.